The van der Waals surface area contributed by atoms with Gasteiger partial charge in [0, 0.05) is 18.8 Å². The zero-order valence-electron chi connectivity index (χ0n) is 15.7. The molecular weight excluding hydrogens is 358 g/mol. The first-order valence-electron chi connectivity index (χ1n) is 8.93. The van der Waals surface area contributed by atoms with Gasteiger partial charge in [0.1, 0.15) is 11.4 Å². The molecule has 1 aliphatic heterocycles. The van der Waals surface area contributed by atoms with Gasteiger partial charge in [0.05, 0.1) is 12.8 Å². The van der Waals surface area contributed by atoms with Crippen molar-refractivity contribution in [3.8, 4) is 5.75 Å². The number of carbonyl (C=O) groups excluding carboxylic acids is 1. The van der Waals surface area contributed by atoms with E-state index in [-0.39, 0.29) is 5.91 Å². The third-order valence-corrected chi connectivity index (χ3v) is 4.83. The summed E-state index contributed by atoms with van der Waals surface area (Å²) in [6.07, 6.45) is 1.82. The van der Waals surface area contributed by atoms with Gasteiger partial charge in [0.25, 0.3) is 5.91 Å². The molecule has 3 rings (SSSR count). The second-order valence-corrected chi connectivity index (χ2v) is 6.48. The van der Waals surface area contributed by atoms with Crippen LogP contribution >= 0.6 is 12.2 Å². The van der Waals surface area contributed by atoms with Gasteiger partial charge in [-0.3, -0.25) is 9.69 Å². The number of methoxy groups -OCH3 is 1. The highest BCUT2D eigenvalue weighted by Gasteiger charge is 2.31. The highest BCUT2D eigenvalue weighted by atomic mass is 32.1. The number of nitrogens with one attached hydrogen (secondary N) is 1. The topological polar surface area (TPSA) is 44.8 Å². The second kappa shape index (κ2) is 8.22. The summed E-state index contributed by atoms with van der Waals surface area (Å²) in [5, 5.41) is 3.39. The largest absolute Gasteiger partial charge is 0.497 e. The Morgan fingerprint density at radius 1 is 1.07 bits per heavy atom. The first-order valence-corrected chi connectivity index (χ1v) is 9.34. The van der Waals surface area contributed by atoms with Crippen LogP contribution in [0, 0.1) is 0 Å². The molecule has 2 aromatic rings. The van der Waals surface area contributed by atoms with Crippen molar-refractivity contribution in [2.24, 2.45) is 0 Å². The quantitative estimate of drug-likeness (QED) is 0.609. The Morgan fingerprint density at radius 3 is 2.26 bits per heavy atom. The van der Waals surface area contributed by atoms with E-state index in [0.717, 1.165) is 24.4 Å². The maximum Gasteiger partial charge on any atom is 0.281 e. The van der Waals surface area contributed by atoms with Gasteiger partial charge >= 0.3 is 0 Å². The van der Waals surface area contributed by atoms with Crippen molar-refractivity contribution >= 4 is 40.7 Å². The zero-order valence-corrected chi connectivity index (χ0v) is 16.5. The Hall–Kier alpha value is -2.86. The van der Waals surface area contributed by atoms with Gasteiger partial charge in [-0.2, -0.15) is 0 Å². The van der Waals surface area contributed by atoms with Gasteiger partial charge < -0.3 is 15.0 Å². The summed E-state index contributed by atoms with van der Waals surface area (Å²) in [5.41, 5.74) is 3.29. The molecule has 0 bridgehead atoms. The van der Waals surface area contributed by atoms with Crippen LogP contribution in [-0.4, -0.2) is 31.2 Å². The molecule has 1 aliphatic rings. The minimum Gasteiger partial charge on any atom is -0.497 e. The zero-order chi connectivity index (χ0) is 19.4. The first kappa shape index (κ1) is 18.9. The van der Waals surface area contributed by atoms with E-state index in [1.165, 1.54) is 10.6 Å². The van der Waals surface area contributed by atoms with Crippen LogP contribution in [0.4, 0.5) is 11.4 Å². The Kier molecular flexibility index (Phi) is 5.76. The maximum atomic E-state index is 12.8. The fourth-order valence-electron chi connectivity index (χ4n) is 3.04. The second-order valence-electron chi connectivity index (χ2n) is 6.09. The van der Waals surface area contributed by atoms with Crippen molar-refractivity contribution in [1.82, 2.24) is 5.32 Å². The molecule has 27 heavy (non-hydrogen) atoms. The summed E-state index contributed by atoms with van der Waals surface area (Å²) in [7, 11) is 1.61. The average Bonchev–Trinajstić information content (AvgIpc) is 2.97. The van der Waals surface area contributed by atoms with Crippen LogP contribution in [0.3, 0.4) is 0 Å². The van der Waals surface area contributed by atoms with Gasteiger partial charge in [0.2, 0.25) is 0 Å². The van der Waals surface area contributed by atoms with E-state index in [9.17, 15) is 4.79 Å². The molecule has 1 saturated heterocycles. The summed E-state index contributed by atoms with van der Waals surface area (Å²) in [6, 6.07) is 15.4. The molecule has 1 N–H and O–H groups in total. The third kappa shape index (κ3) is 3.95. The lowest BCUT2D eigenvalue weighted by atomic mass is 10.1. The highest BCUT2D eigenvalue weighted by molar-refractivity contribution is 7.80. The third-order valence-electron chi connectivity index (χ3n) is 4.54. The number of rotatable bonds is 6. The summed E-state index contributed by atoms with van der Waals surface area (Å²) in [6.45, 7) is 6.19. The number of benzene rings is 2. The van der Waals surface area contributed by atoms with E-state index in [0.29, 0.717) is 16.5 Å². The molecule has 1 fully saturated rings. The summed E-state index contributed by atoms with van der Waals surface area (Å²) in [4.78, 5) is 16.6. The number of nitrogens with zero attached hydrogens (tertiary/aromatic N) is 2. The first-order chi connectivity index (χ1) is 13.1. The van der Waals surface area contributed by atoms with Gasteiger partial charge in [-0.25, -0.2) is 0 Å². The maximum absolute atomic E-state index is 12.8. The molecule has 1 heterocycles. The highest BCUT2D eigenvalue weighted by Crippen LogP contribution is 2.25. The van der Waals surface area contributed by atoms with Crippen LogP contribution in [0.1, 0.15) is 19.4 Å². The van der Waals surface area contributed by atoms with E-state index >= 15 is 0 Å². The van der Waals surface area contributed by atoms with Crippen LogP contribution < -0.4 is 19.9 Å². The number of amides is 1. The molecule has 0 aromatic heterocycles. The molecule has 0 spiro atoms. The number of anilines is 2. The summed E-state index contributed by atoms with van der Waals surface area (Å²) < 4.78 is 5.16. The predicted octanol–water partition coefficient (Wildman–Crippen LogP) is 3.80. The van der Waals surface area contributed by atoms with Crippen molar-refractivity contribution in [3.63, 3.8) is 0 Å². The van der Waals surface area contributed by atoms with E-state index in [1.807, 2.05) is 30.3 Å². The van der Waals surface area contributed by atoms with Gasteiger partial charge in [0.15, 0.2) is 5.11 Å². The Bertz CT molecular complexity index is 856. The SMILES string of the molecule is CCN(CC)c1ccc(/C=C2\NC(=S)N(c3ccc(OC)cc3)C2=O)cc1. The van der Waals surface area contributed by atoms with Gasteiger partial charge in [-0.15, -0.1) is 0 Å². The molecule has 5 nitrogen and oxygen atoms in total. The molecule has 0 radical (unpaired) electrons. The molecule has 0 atom stereocenters. The number of ether oxygens (including phenoxy) is 1. The van der Waals surface area contributed by atoms with E-state index < -0.39 is 0 Å². The van der Waals surface area contributed by atoms with Crippen LogP contribution in [0.15, 0.2) is 54.2 Å². The van der Waals surface area contributed by atoms with Crippen LogP contribution in [0.25, 0.3) is 6.08 Å². The molecule has 2 aromatic carbocycles. The van der Waals surface area contributed by atoms with Gasteiger partial charge in [-0.1, -0.05) is 12.1 Å². The minimum absolute atomic E-state index is 0.169. The number of hydrogen-bond donors (Lipinski definition) is 1. The average molecular weight is 382 g/mol. The summed E-state index contributed by atoms with van der Waals surface area (Å²) >= 11 is 5.36. The Morgan fingerprint density at radius 2 is 1.70 bits per heavy atom. The van der Waals surface area contributed by atoms with Crippen LogP contribution in [0.2, 0.25) is 0 Å². The molecular formula is C21H23N3O2S. The molecule has 1 amide bonds. The Balaban J connectivity index is 1.81. The molecule has 0 saturated carbocycles. The molecule has 0 unspecified atom stereocenters. The monoisotopic (exact) mass is 381 g/mol. The van der Waals surface area contributed by atoms with E-state index in [1.54, 1.807) is 19.2 Å². The fourth-order valence-corrected chi connectivity index (χ4v) is 3.34. The number of carbonyl (C=O) groups is 1. The van der Waals surface area contributed by atoms with E-state index in [2.05, 4.69) is 36.2 Å². The fraction of sp³-hybridized carbons (Fsp3) is 0.238. The van der Waals surface area contributed by atoms with Crippen molar-refractivity contribution in [2.75, 3.05) is 30.0 Å². The Labute approximate surface area is 165 Å². The lowest BCUT2D eigenvalue weighted by molar-refractivity contribution is -0.113. The molecule has 140 valence electrons. The lowest BCUT2D eigenvalue weighted by Crippen LogP contribution is -2.30. The molecule has 6 heteroatoms. The number of hydrogen-bond acceptors (Lipinski definition) is 4. The number of thiocarbonyl (C=S) groups is 1. The minimum atomic E-state index is -0.169. The summed E-state index contributed by atoms with van der Waals surface area (Å²) in [5.74, 6) is 0.561. The molecule has 0 aliphatic carbocycles. The van der Waals surface area contributed by atoms with Crippen LogP contribution in [-0.2, 0) is 4.79 Å². The smallest absolute Gasteiger partial charge is 0.281 e. The van der Waals surface area contributed by atoms with E-state index in [4.69, 9.17) is 17.0 Å². The van der Waals surface area contributed by atoms with Crippen molar-refractivity contribution in [1.29, 1.82) is 0 Å². The van der Waals surface area contributed by atoms with Crippen molar-refractivity contribution in [2.45, 2.75) is 13.8 Å². The standard InChI is InChI=1S/C21H23N3O2S/c1-4-23(5-2)16-8-6-15(7-9-16)14-19-20(25)24(21(27)22-19)17-10-12-18(26-3)13-11-17/h6-14H,4-5H2,1-3H3,(H,22,27)/b19-14-. The predicted molar refractivity (Wildman–Crippen MR) is 114 cm³/mol. The lowest BCUT2D eigenvalue weighted by Gasteiger charge is -2.20. The van der Waals surface area contributed by atoms with Crippen LogP contribution in [0.5, 0.6) is 5.75 Å². The van der Waals surface area contributed by atoms with Gasteiger partial charge in [-0.05, 0) is 74.1 Å². The normalized spacial score (nSPS) is 15.2. The van der Waals surface area contributed by atoms with Crippen molar-refractivity contribution < 1.29 is 9.53 Å². The van der Waals surface area contributed by atoms with Crippen molar-refractivity contribution in [3.05, 3.63) is 59.8 Å².